The molecule has 142 valence electrons. The molecule has 0 radical (unpaired) electrons. The van der Waals surface area contributed by atoms with Crippen LogP contribution in [0.4, 0.5) is 0 Å². The van der Waals surface area contributed by atoms with E-state index in [4.69, 9.17) is 9.84 Å². The lowest BCUT2D eigenvalue weighted by atomic mass is 9.80. The van der Waals surface area contributed by atoms with Crippen LogP contribution in [0.3, 0.4) is 0 Å². The Bertz CT molecular complexity index is 721. The van der Waals surface area contributed by atoms with Crippen LogP contribution in [0, 0.1) is 5.92 Å². The molecular formula is C19H29N5O2. The second kappa shape index (κ2) is 7.90. The summed E-state index contributed by atoms with van der Waals surface area (Å²) in [7, 11) is 1.72. The van der Waals surface area contributed by atoms with Gasteiger partial charge in [-0.2, -0.15) is 5.10 Å². The van der Waals surface area contributed by atoms with Gasteiger partial charge in [-0.25, -0.2) is 4.98 Å². The molecule has 2 aromatic heterocycles. The number of aliphatic hydroxyl groups is 1. The third-order valence-corrected chi connectivity index (χ3v) is 5.71. The minimum absolute atomic E-state index is 0.399. The molecule has 0 spiro atoms. The van der Waals surface area contributed by atoms with Crippen molar-refractivity contribution in [2.24, 2.45) is 5.92 Å². The summed E-state index contributed by atoms with van der Waals surface area (Å²) in [6, 6.07) is 2.11. The summed E-state index contributed by atoms with van der Waals surface area (Å²) < 4.78 is 9.44. The third kappa shape index (κ3) is 3.70. The molecular weight excluding hydrogens is 330 g/mol. The number of aliphatic hydroxyl groups excluding tert-OH is 1. The molecule has 4 rings (SSSR count). The van der Waals surface area contributed by atoms with E-state index in [0.717, 1.165) is 63.5 Å². The molecule has 2 aliphatic rings. The Kier molecular flexibility index (Phi) is 5.38. The molecule has 7 nitrogen and oxygen atoms in total. The number of methoxy groups -OCH3 is 1. The van der Waals surface area contributed by atoms with E-state index in [-0.39, 0.29) is 0 Å². The summed E-state index contributed by atoms with van der Waals surface area (Å²) in [6.45, 7) is 5.14. The largest absolute Gasteiger partial charge is 0.386 e. The maximum Gasteiger partial charge on any atom is 0.122 e. The highest BCUT2D eigenvalue weighted by molar-refractivity contribution is 5.15. The van der Waals surface area contributed by atoms with Crippen molar-refractivity contribution in [1.29, 1.82) is 0 Å². The molecule has 7 heteroatoms. The predicted octanol–water partition coefficient (Wildman–Crippen LogP) is 1.97. The Labute approximate surface area is 154 Å². The second-order valence-electron chi connectivity index (χ2n) is 7.51. The SMILES string of the molecule is COCCn1ccnc1CN1CCCn2nc(C(O)C3CCC3)cc2C1. The number of aromatic nitrogens is 4. The number of nitrogens with zero attached hydrogens (tertiary/aromatic N) is 5. The Morgan fingerprint density at radius 2 is 2.19 bits per heavy atom. The summed E-state index contributed by atoms with van der Waals surface area (Å²) >= 11 is 0. The first kappa shape index (κ1) is 17.7. The molecule has 0 aromatic carbocycles. The van der Waals surface area contributed by atoms with E-state index < -0.39 is 6.10 Å². The van der Waals surface area contributed by atoms with Crippen molar-refractivity contribution >= 4 is 0 Å². The van der Waals surface area contributed by atoms with Crippen LogP contribution in [0.5, 0.6) is 0 Å². The van der Waals surface area contributed by atoms with Gasteiger partial charge in [0.2, 0.25) is 0 Å². The summed E-state index contributed by atoms with van der Waals surface area (Å²) in [5.41, 5.74) is 2.05. The summed E-state index contributed by atoms with van der Waals surface area (Å²) in [6.07, 6.45) is 8.03. The van der Waals surface area contributed by atoms with Crippen molar-refractivity contribution in [2.75, 3.05) is 20.3 Å². The van der Waals surface area contributed by atoms with Gasteiger partial charge in [0.05, 0.1) is 24.5 Å². The van der Waals surface area contributed by atoms with Crippen LogP contribution in [0.15, 0.2) is 18.5 Å². The topological polar surface area (TPSA) is 68.3 Å². The van der Waals surface area contributed by atoms with E-state index in [1.807, 2.05) is 12.4 Å². The third-order valence-electron chi connectivity index (χ3n) is 5.71. The zero-order valence-corrected chi connectivity index (χ0v) is 15.5. The monoisotopic (exact) mass is 359 g/mol. The number of imidazole rings is 1. The van der Waals surface area contributed by atoms with Gasteiger partial charge in [0.15, 0.2) is 0 Å². The van der Waals surface area contributed by atoms with E-state index in [1.165, 1.54) is 12.1 Å². The highest BCUT2D eigenvalue weighted by Gasteiger charge is 2.29. The molecule has 0 saturated heterocycles. The van der Waals surface area contributed by atoms with Gasteiger partial charge >= 0.3 is 0 Å². The van der Waals surface area contributed by atoms with Gasteiger partial charge < -0.3 is 14.4 Å². The van der Waals surface area contributed by atoms with Crippen molar-refractivity contribution in [2.45, 2.75) is 58.0 Å². The lowest BCUT2D eigenvalue weighted by Gasteiger charge is -2.29. The maximum atomic E-state index is 10.5. The van der Waals surface area contributed by atoms with Gasteiger partial charge in [0.1, 0.15) is 11.9 Å². The standard InChI is InChI=1S/C19H29N5O2/c1-26-11-10-23-9-6-20-18(23)14-22-7-3-8-24-16(13-22)12-17(21-24)19(25)15-4-2-5-15/h6,9,12,15,19,25H,2-5,7-8,10-11,13-14H2,1H3. The van der Waals surface area contributed by atoms with Crippen LogP contribution in [0.2, 0.25) is 0 Å². The van der Waals surface area contributed by atoms with Crippen molar-refractivity contribution < 1.29 is 9.84 Å². The molecule has 1 unspecified atom stereocenters. The zero-order valence-electron chi connectivity index (χ0n) is 15.5. The van der Waals surface area contributed by atoms with E-state index >= 15 is 0 Å². The smallest absolute Gasteiger partial charge is 0.122 e. The van der Waals surface area contributed by atoms with Crippen molar-refractivity contribution in [1.82, 2.24) is 24.2 Å². The lowest BCUT2D eigenvalue weighted by molar-refractivity contribution is 0.0581. The van der Waals surface area contributed by atoms with Gasteiger partial charge in [-0.1, -0.05) is 6.42 Å². The van der Waals surface area contributed by atoms with Crippen LogP contribution in [-0.2, 0) is 30.9 Å². The molecule has 26 heavy (non-hydrogen) atoms. The van der Waals surface area contributed by atoms with Crippen LogP contribution < -0.4 is 0 Å². The van der Waals surface area contributed by atoms with Crippen molar-refractivity contribution in [3.63, 3.8) is 0 Å². The highest BCUT2D eigenvalue weighted by atomic mass is 16.5. The van der Waals surface area contributed by atoms with Gasteiger partial charge in [-0.15, -0.1) is 0 Å². The van der Waals surface area contributed by atoms with Gasteiger partial charge in [-0.05, 0) is 31.2 Å². The fourth-order valence-electron chi connectivity index (χ4n) is 3.91. The van der Waals surface area contributed by atoms with Crippen LogP contribution >= 0.6 is 0 Å². The van der Waals surface area contributed by atoms with Gasteiger partial charge in [0, 0.05) is 45.7 Å². The first-order valence-electron chi connectivity index (χ1n) is 9.70. The molecule has 1 N–H and O–H groups in total. The van der Waals surface area contributed by atoms with Crippen molar-refractivity contribution in [3.8, 4) is 0 Å². The molecule has 1 fully saturated rings. The average Bonchev–Trinajstić information content (AvgIpc) is 3.14. The Hall–Kier alpha value is -1.70. The number of hydrogen-bond donors (Lipinski definition) is 1. The molecule has 1 aliphatic heterocycles. The lowest BCUT2D eigenvalue weighted by Crippen LogP contribution is -2.25. The van der Waals surface area contributed by atoms with Gasteiger partial charge in [0.25, 0.3) is 0 Å². The molecule has 0 bridgehead atoms. The Balaban J connectivity index is 1.44. The fraction of sp³-hybridized carbons (Fsp3) is 0.684. The molecule has 1 aliphatic carbocycles. The van der Waals surface area contributed by atoms with Crippen LogP contribution in [-0.4, -0.2) is 49.6 Å². The summed E-state index contributed by atoms with van der Waals surface area (Å²) in [5.74, 6) is 1.48. The van der Waals surface area contributed by atoms with E-state index in [2.05, 4.69) is 25.2 Å². The zero-order chi connectivity index (χ0) is 17.9. The van der Waals surface area contributed by atoms with Crippen molar-refractivity contribution in [3.05, 3.63) is 35.7 Å². The van der Waals surface area contributed by atoms with Crippen LogP contribution in [0.1, 0.15) is 49.0 Å². The number of aryl methyl sites for hydroxylation is 1. The number of hydrogen-bond acceptors (Lipinski definition) is 5. The van der Waals surface area contributed by atoms with E-state index in [9.17, 15) is 5.11 Å². The van der Waals surface area contributed by atoms with E-state index in [0.29, 0.717) is 12.5 Å². The first-order valence-corrected chi connectivity index (χ1v) is 9.70. The molecule has 2 aromatic rings. The Morgan fingerprint density at radius 1 is 1.31 bits per heavy atom. The summed E-state index contributed by atoms with van der Waals surface area (Å²) in [5, 5.41) is 15.2. The minimum Gasteiger partial charge on any atom is -0.386 e. The summed E-state index contributed by atoms with van der Waals surface area (Å²) in [4.78, 5) is 6.95. The predicted molar refractivity (Wildman–Crippen MR) is 97.4 cm³/mol. The molecule has 1 atom stereocenters. The Morgan fingerprint density at radius 3 is 2.96 bits per heavy atom. The quantitative estimate of drug-likeness (QED) is 0.819. The molecule has 0 amide bonds. The first-order chi connectivity index (χ1) is 12.7. The minimum atomic E-state index is -0.399. The van der Waals surface area contributed by atoms with E-state index in [1.54, 1.807) is 7.11 Å². The fourth-order valence-corrected chi connectivity index (χ4v) is 3.91. The number of fused-ring (bicyclic) bond motifs is 1. The maximum absolute atomic E-state index is 10.5. The number of rotatable bonds is 7. The number of ether oxygens (including phenoxy) is 1. The normalized spacial score (nSPS) is 19.8. The van der Waals surface area contributed by atoms with Crippen LogP contribution in [0.25, 0.3) is 0 Å². The van der Waals surface area contributed by atoms with Gasteiger partial charge in [-0.3, -0.25) is 9.58 Å². The highest BCUT2D eigenvalue weighted by Crippen LogP contribution is 2.37. The second-order valence-corrected chi connectivity index (χ2v) is 7.51. The molecule has 1 saturated carbocycles. The average molecular weight is 359 g/mol. The molecule has 3 heterocycles.